The van der Waals surface area contributed by atoms with Gasteiger partial charge < -0.3 is 9.47 Å². The molecule has 0 saturated heterocycles. The predicted molar refractivity (Wildman–Crippen MR) is 117 cm³/mol. The van der Waals surface area contributed by atoms with E-state index in [9.17, 15) is 4.79 Å². The molecule has 2 aliphatic heterocycles. The summed E-state index contributed by atoms with van der Waals surface area (Å²) in [6.07, 6.45) is 3.87. The maximum absolute atomic E-state index is 13.1. The molecule has 4 rings (SSSR count). The first-order chi connectivity index (χ1) is 13.7. The summed E-state index contributed by atoms with van der Waals surface area (Å²) in [5.41, 5.74) is 3.27. The Morgan fingerprint density at radius 3 is 2.68 bits per heavy atom. The van der Waals surface area contributed by atoms with Crippen molar-refractivity contribution in [2.24, 2.45) is 4.99 Å². The Morgan fingerprint density at radius 1 is 1.11 bits per heavy atom. The number of carbonyl (C=O) groups is 1. The van der Waals surface area contributed by atoms with Crippen molar-refractivity contribution < 1.29 is 14.3 Å². The minimum atomic E-state index is -0.117. The Hall–Kier alpha value is -2.38. The summed E-state index contributed by atoms with van der Waals surface area (Å²) in [6, 6.07) is 13.6. The summed E-state index contributed by atoms with van der Waals surface area (Å²) in [5, 5.41) is 0.717. The molecule has 2 heterocycles. The van der Waals surface area contributed by atoms with E-state index in [2.05, 4.69) is 11.2 Å². The van der Waals surface area contributed by atoms with Crippen LogP contribution in [-0.2, 0) is 4.79 Å². The Bertz CT molecular complexity index is 955. The lowest BCUT2D eigenvalue weighted by atomic mass is 10.1. The average Bonchev–Trinajstić information content (AvgIpc) is 3.28. The molecule has 0 fully saturated rings. The molecule has 0 N–H and O–H groups in total. The van der Waals surface area contributed by atoms with Crippen molar-refractivity contribution in [3.63, 3.8) is 0 Å². The maximum atomic E-state index is 13.1. The zero-order chi connectivity index (χ0) is 19.5. The molecule has 2 aromatic carbocycles. The number of amides is 1. The molecule has 0 atom stereocenters. The number of hydrogen-bond donors (Lipinski definition) is 0. The molecule has 0 bridgehead atoms. The highest BCUT2D eigenvalue weighted by Crippen LogP contribution is 2.34. The molecule has 0 spiro atoms. The van der Waals surface area contributed by atoms with Crippen LogP contribution >= 0.6 is 23.5 Å². The quantitative estimate of drug-likeness (QED) is 0.532. The second-order valence-corrected chi connectivity index (χ2v) is 8.40. The number of fused-ring (bicyclic) bond motifs is 1. The van der Waals surface area contributed by atoms with Crippen LogP contribution in [0.5, 0.6) is 11.5 Å². The third kappa shape index (κ3) is 3.91. The summed E-state index contributed by atoms with van der Waals surface area (Å²) in [6.45, 7) is 2.26. The summed E-state index contributed by atoms with van der Waals surface area (Å²) in [5.74, 6) is 3.19. The van der Waals surface area contributed by atoms with Crippen LogP contribution in [0.15, 0.2) is 53.2 Å². The normalized spacial score (nSPS) is 16.8. The van der Waals surface area contributed by atoms with Gasteiger partial charge in [0.2, 0.25) is 6.79 Å². The minimum absolute atomic E-state index is 0.117. The number of hydrogen-bond acceptors (Lipinski definition) is 6. The summed E-state index contributed by atoms with van der Waals surface area (Å²) in [4.78, 5) is 19.5. The molecule has 0 aromatic heterocycles. The fourth-order valence-electron chi connectivity index (χ4n) is 2.89. The largest absolute Gasteiger partial charge is 0.454 e. The fraction of sp³-hybridized carbons (Fsp3) is 0.238. The van der Waals surface area contributed by atoms with E-state index in [4.69, 9.17) is 9.47 Å². The van der Waals surface area contributed by atoms with E-state index < -0.39 is 0 Å². The van der Waals surface area contributed by atoms with E-state index in [0.29, 0.717) is 11.4 Å². The van der Waals surface area contributed by atoms with Gasteiger partial charge in [-0.15, -0.1) is 0 Å². The summed E-state index contributed by atoms with van der Waals surface area (Å²) < 4.78 is 10.8. The molecule has 0 aliphatic carbocycles. The molecule has 0 unspecified atom stereocenters. The van der Waals surface area contributed by atoms with Crippen LogP contribution in [0.1, 0.15) is 11.1 Å². The van der Waals surface area contributed by atoms with E-state index in [0.717, 1.165) is 39.2 Å². The highest BCUT2D eigenvalue weighted by atomic mass is 32.2. The number of benzene rings is 2. The first-order valence-electron chi connectivity index (χ1n) is 8.88. The van der Waals surface area contributed by atoms with E-state index in [1.807, 2.05) is 49.4 Å². The highest BCUT2D eigenvalue weighted by Gasteiger charge is 2.32. The molecular formula is C21H20N2O3S2. The zero-order valence-corrected chi connectivity index (χ0v) is 17.3. The second-order valence-electron chi connectivity index (χ2n) is 6.35. The van der Waals surface area contributed by atoms with Gasteiger partial charge in [-0.3, -0.25) is 9.69 Å². The van der Waals surface area contributed by atoms with Crippen molar-refractivity contribution in [3.8, 4) is 11.5 Å². The maximum Gasteiger partial charge on any atom is 0.283 e. The fourth-order valence-corrected chi connectivity index (χ4v) is 4.55. The number of amidine groups is 1. The lowest BCUT2D eigenvalue weighted by molar-refractivity contribution is -0.113. The number of nitrogens with zero attached hydrogens (tertiary/aromatic N) is 2. The second kappa shape index (κ2) is 8.32. The first-order valence-corrected chi connectivity index (χ1v) is 11.3. The number of rotatable bonds is 5. The Balaban J connectivity index is 1.65. The molecule has 1 amide bonds. The van der Waals surface area contributed by atoms with Crippen molar-refractivity contribution in [1.82, 2.24) is 0 Å². The van der Waals surface area contributed by atoms with Crippen molar-refractivity contribution >= 4 is 46.4 Å². The SMILES string of the molecule is CSCCSC1=N/C(=C\c2ccc3c(c2)OCO3)C(=O)N1c1ccc(C)cc1. The smallest absolute Gasteiger partial charge is 0.283 e. The van der Waals surface area contributed by atoms with Crippen LogP contribution in [0.2, 0.25) is 0 Å². The summed E-state index contributed by atoms with van der Waals surface area (Å²) >= 11 is 3.38. The zero-order valence-electron chi connectivity index (χ0n) is 15.7. The van der Waals surface area contributed by atoms with Gasteiger partial charge in [0.1, 0.15) is 5.70 Å². The van der Waals surface area contributed by atoms with E-state index in [1.165, 1.54) is 0 Å². The Morgan fingerprint density at radius 2 is 1.89 bits per heavy atom. The van der Waals surface area contributed by atoms with Crippen LogP contribution in [0.4, 0.5) is 5.69 Å². The van der Waals surface area contributed by atoms with Gasteiger partial charge in [-0.2, -0.15) is 11.8 Å². The van der Waals surface area contributed by atoms with E-state index in [-0.39, 0.29) is 12.7 Å². The molecule has 2 aromatic rings. The number of anilines is 1. The molecule has 0 radical (unpaired) electrons. The number of aryl methyl sites for hydroxylation is 1. The van der Waals surface area contributed by atoms with Crippen molar-refractivity contribution in [1.29, 1.82) is 0 Å². The molecule has 7 heteroatoms. The molecule has 2 aliphatic rings. The van der Waals surface area contributed by atoms with E-state index in [1.54, 1.807) is 34.5 Å². The van der Waals surface area contributed by atoms with Crippen molar-refractivity contribution in [3.05, 3.63) is 59.3 Å². The number of aliphatic imine (C=N–C) groups is 1. The predicted octanol–water partition coefficient (Wildman–Crippen LogP) is 4.56. The van der Waals surface area contributed by atoms with Crippen molar-refractivity contribution in [2.45, 2.75) is 6.92 Å². The standard InChI is InChI=1S/C21H20N2O3S2/c1-14-3-6-16(7-4-14)23-20(24)17(22-21(23)28-10-9-27-2)11-15-5-8-18-19(12-15)26-13-25-18/h3-8,11-12H,9-10,13H2,1-2H3/b17-11-. The first kappa shape index (κ1) is 19.0. The third-order valence-corrected chi connectivity index (χ3v) is 6.15. The number of thioether (sulfide) groups is 2. The van der Waals surface area contributed by atoms with Gasteiger partial charge in [-0.05, 0) is 49.1 Å². The van der Waals surface area contributed by atoms with Crippen LogP contribution in [-0.4, -0.2) is 35.6 Å². The monoisotopic (exact) mass is 412 g/mol. The van der Waals surface area contributed by atoms with Crippen LogP contribution in [0.25, 0.3) is 6.08 Å². The van der Waals surface area contributed by atoms with Crippen LogP contribution in [0, 0.1) is 6.92 Å². The molecule has 144 valence electrons. The molecule has 0 saturated carbocycles. The highest BCUT2D eigenvalue weighted by molar-refractivity contribution is 8.15. The third-order valence-electron chi connectivity index (χ3n) is 4.34. The van der Waals surface area contributed by atoms with Gasteiger partial charge in [0.15, 0.2) is 16.7 Å². The van der Waals surface area contributed by atoms with Gasteiger partial charge >= 0.3 is 0 Å². The Kier molecular flexibility index (Phi) is 5.64. The van der Waals surface area contributed by atoms with Gasteiger partial charge in [0, 0.05) is 11.5 Å². The number of carbonyl (C=O) groups excluding carboxylic acids is 1. The molecular weight excluding hydrogens is 392 g/mol. The summed E-state index contributed by atoms with van der Waals surface area (Å²) in [7, 11) is 0. The van der Waals surface area contributed by atoms with E-state index >= 15 is 0 Å². The molecule has 5 nitrogen and oxygen atoms in total. The van der Waals surface area contributed by atoms with Gasteiger partial charge in [-0.25, -0.2) is 4.99 Å². The van der Waals surface area contributed by atoms with Crippen LogP contribution in [0.3, 0.4) is 0 Å². The van der Waals surface area contributed by atoms with Gasteiger partial charge in [-0.1, -0.05) is 35.5 Å². The number of ether oxygens (including phenoxy) is 2. The molecule has 28 heavy (non-hydrogen) atoms. The van der Waals surface area contributed by atoms with Gasteiger partial charge in [0.25, 0.3) is 5.91 Å². The van der Waals surface area contributed by atoms with Gasteiger partial charge in [0.05, 0.1) is 5.69 Å². The minimum Gasteiger partial charge on any atom is -0.454 e. The lowest BCUT2D eigenvalue weighted by Gasteiger charge is -2.17. The van der Waals surface area contributed by atoms with Crippen molar-refractivity contribution in [2.75, 3.05) is 29.5 Å². The average molecular weight is 413 g/mol. The topological polar surface area (TPSA) is 51.1 Å². The Labute approximate surface area is 172 Å². The van der Waals surface area contributed by atoms with Crippen LogP contribution < -0.4 is 14.4 Å². The lowest BCUT2D eigenvalue weighted by Crippen LogP contribution is -2.30.